The molecule has 11 heteroatoms. The number of morpholine rings is 1. The first-order chi connectivity index (χ1) is 21.1. The number of hydrogen-bond acceptors (Lipinski definition) is 8. The van der Waals surface area contributed by atoms with E-state index in [0.29, 0.717) is 16.1 Å². The van der Waals surface area contributed by atoms with Gasteiger partial charge in [-0.3, -0.25) is 0 Å². The van der Waals surface area contributed by atoms with Crippen LogP contribution in [0.25, 0.3) is 37.4 Å². The monoisotopic (exact) mass is 600 g/mol. The molecule has 0 aliphatic carbocycles. The summed E-state index contributed by atoms with van der Waals surface area (Å²) < 4.78 is 5.29. The first-order valence-corrected chi connectivity index (χ1v) is 14.9. The molecular formula is C32H24N8OS2. The van der Waals surface area contributed by atoms with E-state index in [-0.39, 0.29) is 17.0 Å². The Morgan fingerprint density at radius 2 is 1.53 bits per heavy atom. The van der Waals surface area contributed by atoms with Gasteiger partial charge in [-0.15, -0.1) is 22.7 Å². The highest BCUT2D eigenvalue weighted by molar-refractivity contribution is 7.18. The zero-order chi connectivity index (χ0) is 30.6. The van der Waals surface area contributed by atoms with Crippen molar-refractivity contribution in [3.05, 3.63) is 97.7 Å². The quantitative estimate of drug-likeness (QED) is 0.221. The maximum Gasteiger partial charge on any atom is 0.270 e. The van der Waals surface area contributed by atoms with Crippen LogP contribution in [0.4, 0.5) is 15.7 Å². The summed E-state index contributed by atoms with van der Waals surface area (Å²) in [4.78, 5) is 16.4. The summed E-state index contributed by atoms with van der Waals surface area (Å²) in [5, 5.41) is 28.6. The largest absolute Gasteiger partial charge is 0.378 e. The molecule has 2 aliphatic heterocycles. The molecule has 4 heterocycles. The number of nitriles is 3. The number of benzene rings is 1. The first kappa shape index (κ1) is 30.6. The second kappa shape index (κ2) is 15.0. The van der Waals surface area contributed by atoms with Crippen LogP contribution in [-0.2, 0) is 4.74 Å². The summed E-state index contributed by atoms with van der Waals surface area (Å²) in [5.41, 5.74) is 1.90. The van der Waals surface area contributed by atoms with Crippen LogP contribution in [0.3, 0.4) is 0 Å². The van der Waals surface area contributed by atoms with Crippen molar-refractivity contribution in [2.75, 3.05) is 49.2 Å². The van der Waals surface area contributed by atoms with E-state index in [1.54, 1.807) is 17.4 Å². The Labute approximate surface area is 259 Å². The molecule has 0 N–H and O–H groups in total. The average molecular weight is 601 g/mol. The second-order valence-corrected chi connectivity index (χ2v) is 11.3. The van der Waals surface area contributed by atoms with E-state index >= 15 is 0 Å². The highest BCUT2D eigenvalue weighted by Gasteiger charge is 2.28. The highest BCUT2D eigenvalue weighted by atomic mass is 32.1. The van der Waals surface area contributed by atoms with Crippen LogP contribution in [0.2, 0.25) is 0 Å². The number of anilines is 2. The van der Waals surface area contributed by atoms with Crippen molar-refractivity contribution in [3.8, 4) is 29.3 Å². The predicted octanol–water partition coefficient (Wildman–Crippen LogP) is 7.61. The van der Waals surface area contributed by atoms with Crippen LogP contribution >= 0.6 is 22.7 Å². The van der Waals surface area contributed by atoms with Gasteiger partial charge in [-0.1, -0.05) is 30.3 Å². The van der Waals surface area contributed by atoms with Crippen molar-refractivity contribution in [2.45, 2.75) is 12.8 Å². The van der Waals surface area contributed by atoms with Crippen LogP contribution in [0.1, 0.15) is 22.6 Å². The molecule has 43 heavy (non-hydrogen) atoms. The molecule has 5 rings (SSSR count). The smallest absolute Gasteiger partial charge is 0.270 e. The summed E-state index contributed by atoms with van der Waals surface area (Å²) in [6, 6.07) is 18.9. The Morgan fingerprint density at radius 1 is 0.837 bits per heavy atom. The zero-order valence-corrected chi connectivity index (χ0v) is 24.7. The van der Waals surface area contributed by atoms with Gasteiger partial charge in [0.15, 0.2) is 0 Å². The summed E-state index contributed by atoms with van der Waals surface area (Å²) in [7, 11) is 0. The van der Waals surface area contributed by atoms with Gasteiger partial charge in [-0.2, -0.15) is 10.5 Å². The van der Waals surface area contributed by atoms with Gasteiger partial charge in [0, 0.05) is 35.9 Å². The van der Waals surface area contributed by atoms with Gasteiger partial charge in [-0.25, -0.2) is 19.8 Å². The van der Waals surface area contributed by atoms with Crippen molar-refractivity contribution < 1.29 is 4.74 Å². The van der Waals surface area contributed by atoms with Crippen LogP contribution in [0.5, 0.6) is 0 Å². The number of nitrogens with zero attached hydrogens (tertiary/aromatic N) is 8. The fourth-order valence-corrected chi connectivity index (χ4v) is 6.94. The van der Waals surface area contributed by atoms with Crippen molar-refractivity contribution in [2.24, 2.45) is 0 Å². The second-order valence-electron chi connectivity index (χ2n) is 9.22. The first-order valence-electron chi connectivity index (χ1n) is 13.3. The lowest BCUT2D eigenvalue weighted by molar-refractivity contribution is 0.123. The topological polar surface area (TPSA) is 100 Å². The summed E-state index contributed by atoms with van der Waals surface area (Å²) >= 11 is 2.93. The summed E-state index contributed by atoms with van der Waals surface area (Å²) in [6.07, 6.45) is 3.76. The number of rotatable bonds is 5. The molecule has 0 amide bonds. The molecule has 0 unspecified atom stereocenters. The van der Waals surface area contributed by atoms with E-state index in [1.165, 1.54) is 11.3 Å². The molecular weight excluding hydrogens is 577 g/mol. The van der Waals surface area contributed by atoms with E-state index < -0.39 is 0 Å². The van der Waals surface area contributed by atoms with Gasteiger partial charge in [-0.05, 0) is 42.2 Å². The minimum atomic E-state index is -0.233. The molecule has 0 bridgehead atoms. The summed E-state index contributed by atoms with van der Waals surface area (Å²) in [6.45, 7) is 27.5. The lowest BCUT2D eigenvalue weighted by atomic mass is 10.0. The Morgan fingerprint density at radius 3 is 2.12 bits per heavy atom. The molecule has 0 radical (unpaired) electrons. The van der Waals surface area contributed by atoms with Crippen LogP contribution in [-0.4, -0.2) is 39.4 Å². The molecule has 0 spiro atoms. The molecule has 2 fully saturated rings. The standard InChI is InChI=1S/C20H13N5S.C12H11N3OS/c1-22-15(13-21)17(23-2)19-16(14-9-5-4-6-10-14)18(24-3)20(26-19)25-11-7-8-12-25;13-8-10(9-14)7-11-1-2-12(17-11)15-3-5-16-6-4-15/h4-6,9-10H,7-8,11-12H2;1-2,7H,3-6H2/b17-15+;. The van der Waals surface area contributed by atoms with Gasteiger partial charge in [0.2, 0.25) is 11.4 Å². The fourth-order valence-electron chi connectivity index (χ4n) is 4.64. The fraction of sp³-hybridized carbons (Fsp3) is 0.250. The maximum atomic E-state index is 9.26. The minimum Gasteiger partial charge on any atom is -0.378 e. The van der Waals surface area contributed by atoms with Crippen LogP contribution in [0.15, 0.2) is 53.7 Å². The van der Waals surface area contributed by atoms with E-state index in [2.05, 4.69) is 24.3 Å². The number of thiophene rings is 2. The zero-order valence-electron chi connectivity index (χ0n) is 23.1. The van der Waals surface area contributed by atoms with Gasteiger partial charge < -0.3 is 14.5 Å². The van der Waals surface area contributed by atoms with Gasteiger partial charge in [0.25, 0.3) is 5.70 Å². The Kier molecular flexibility index (Phi) is 10.7. The number of ether oxygens (including phenoxy) is 1. The average Bonchev–Trinajstić information content (AvgIpc) is 3.84. The Bertz CT molecular complexity index is 1750. The Balaban J connectivity index is 0.000000215. The van der Waals surface area contributed by atoms with Crippen molar-refractivity contribution >= 4 is 50.1 Å². The minimum absolute atomic E-state index is 0.0294. The number of allylic oxidation sites excluding steroid dienone is 2. The van der Waals surface area contributed by atoms with Crippen LogP contribution in [0, 0.1) is 53.7 Å². The number of hydrogen-bond donors (Lipinski definition) is 0. The molecule has 0 saturated carbocycles. The normalized spacial score (nSPS) is 14.3. The van der Waals surface area contributed by atoms with Gasteiger partial charge in [0.1, 0.15) is 17.7 Å². The van der Waals surface area contributed by atoms with Crippen molar-refractivity contribution in [1.82, 2.24) is 0 Å². The molecule has 2 aliphatic rings. The third-order valence-electron chi connectivity index (χ3n) is 6.66. The van der Waals surface area contributed by atoms with Gasteiger partial charge in [0.05, 0.1) is 49.0 Å². The predicted molar refractivity (Wildman–Crippen MR) is 170 cm³/mol. The molecule has 1 aromatic carbocycles. The molecule has 2 aromatic heterocycles. The Hall–Kier alpha value is -5.40. The van der Waals surface area contributed by atoms with Crippen molar-refractivity contribution in [3.63, 3.8) is 0 Å². The van der Waals surface area contributed by atoms with Crippen molar-refractivity contribution in [1.29, 1.82) is 15.8 Å². The van der Waals surface area contributed by atoms with E-state index in [4.69, 9.17) is 35.0 Å². The van der Waals surface area contributed by atoms with Gasteiger partial charge >= 0.3 is 0 Å². The molecule has 3 aromatic rings. The lowest BCUT2D eigenvalue weighted by Crippen LogP contribution is -2.35. The summed E-state index contributed by atoms with van der Waals surface area (Å²) in [5.74, 6) is 0. The SMILES string of the molecule is N#CC(C#N)=Cc1ccc(N2CCOCC2)s1.[C-]#[N+]/C(C#N)=C(/[N+]#[C-])c1sc(N2CCCC2)c([N+]#[C-])c1-c1ccccc1. The molecule has 210 valence electrons. The van der Waals surface area contributed by atoms with E-state index in [9.17, 15) is 5.26 Å². The molecule has 0 atom stereocenters. The maximum absolute atomic E-state index is 9.26. The highest BCUT2D eigenvalue weighted by Crippen LogP contribution is 2.52. The van der Waals surface area contributed by atoms with E-state index in [0.717, 1.165) is 72.7 Å². The third kappa shape index (κ3) is 7.09. The van der Waals surface area contributed by atoms with Crippen LogP contribution < -0.4 is 9.80 Å². The van der Waals surface area contributed by atoms with E-state index in [1.807, 2.05) is 60.7 Å². The third-order valence-corrected chi connectivity index (χ3v) is 9.00. The molecule has 2 saturated heterocycles. The lowest BCUT2D eigenvalue weighted by Gasteiger charge is -2.27. The molecule has 9 nitrogen and oxygen atoms in total.